The maximum atomic E-state index is 11.9. The van der Waals surface area contributed by atoms with E-state index in [0.29, 0.717) is 0 Å². The minimum Gasteiger partial charge on any atom is -0.458 e. The summed E-state index contributed by atoms with van der Waals surface area (Å²) in [6, 6.07) is 0. The van der Waals surface area contributed by atoms with Crippen molar-refractivity contribution in [2.24, 2.45) is 0 Å². The fraction of sp³-hybridized carbons (Fsp3) is 0.500. The van der Waals surface area contributed by atoms with Gasteiger partial charge in [-0.1, -0.05) is 0 Å². The molecule has 0 bridgehead atoms. The quantitative estimate of drug-likeness (QED) is 0.220. The highest BCUT2D eigenvalue weighted by molar-refractivity contribution is 7.66. The van der Waals surface area contributed by atoms with Gasteiger partial charge in [0.1, 0.15) is 35.8 Å². The largest absolute Gasteiger partial charge is 0.490 e. The number of fused-ring (bicyclic) bond motifs is 1. The van der Waals surface area contributed by atoms with Gasteiger partial charge in [-0.05, 0) is 6.92 Å². The molecule has 180 valence electrons. The Balaban J connectivity index is 1.74. The number of phosphoric acid groups is 3. The van der Waals surface area contributed by atoms with Crippen molar-refractivity contribution in [3.05, 3.63) is 18.2 Å². The molecule has 1 fully saturated rings. The second-order valence-corrected chi connectivity index (χ2v) is 11.2. The minimum absolute atomic E-state index is 0.00338. The number of furan rings is 1. The third kappa shape index (κ3) is 5.43. The van der Waals surface area contributed by atoms with Crippen molar-refractivity contribution in [1.82, 2.24) is 9.97 Å². The lowest BCUT2D eigenvalue weighted by atomic mass is 9.89. The number of hydrogen-bond donors (Lipinski definition) is 7. The summed E-state index contributed by atoms with van der Waals surface area (Å²) >= 11 is 0. The van der Waals surface area contributed by atoms with Gasteiger partial charge in [0.05, 0.1) is 12.9 Å². The summed E-state index contributed by atoms with van der Waals surface area (Å²) in [5.74, 6) is 0.00338. The van der Waals surface area contributed by atoms with Crippen molar-refractivity contribution in [2.45, 2.75) is 30.8 Å². The lowest BCUT2D eigenvalue weighted by Gasteiger charge is -2.26. The maximum absolute atomic E-state index is 11.9. The lowest BCUT2D eigenvalue weighted by molar-refractivity contribution is -0.0643. The average molecular weight is 521 g/mol. The van der Waals surface area contributed by atoms with Crippen LogP contribution in [0.5, 0.6) is 0 Å². The van der Waals surface area contributed by atoms with E-state index >= 15 is 0 Å². The first-order valence-corrected chi connectivity index (χ1v) is 12.9. The molecule has 3 rings (SSSR count). The number of phosphoric ester groups is 1. The number of nitrogens with zero attached hydrogens (tertiary/aromatic N) is 2. The van der Waals surface area contributed by atoms with Crippen LogP contribution in [0.4, 0.5) is 5.82 Å². The number of hydrogen-bond acceptors (Lipinski definition) is 13. The molecule has 3 heterocycles. The smallest absolute Gasteiger partial charge is 0.458 e. The van der Waals surface area contributed by atoms with Crippen molar-refractivity contribution >= 4 is 40.4 Å². The third-order valence-electron chi connectivity index (χ3n) is 4.30. The number of nitrogens with two attached hydrogens (primary N) is 1. The van der Waals surface area contributed by atoms with Gasteiger partial charge in [0.15, 0.2) is 11.4 Å². The molecule has 2 aromatic rings. The van der Waals surface area contributed by atoms with E-state index in [1.807, 2.05) is 0 Å². The molecular formula is C12H18N3O14P3. The Morgan fingerprint density at radius 2 is 1.81 bits per heavy atom. The minimum atomic E-state index is -5.71. The normalized spacial score (nSPS) is 30.3. The topological polar surface area (TPSA) is 274 Å². The Labute approximate surface area is 178 Å². The SMILES string of the molecule is C[C@@]1(O)[C@H](O)[C@@H](COP(=O)(O)OP(=O)(O)OP(=O)(O)O)O[C@H]1c1coc2c(N)ncnc12. The zero-order valence-corrected chi connectivity index (χ0v) is 18.5. The van der Waals surface area contributed by atoms with Crippen LogP contribution in [-0.4, -0.2) is 64.2 Å². The molecule has 2 aromatic heterocycles. The summed E-state index contributed by atoms with van der Waals surface area (Å²) < 4.78 is 56.3. The Morgan fingerprint density at radius 3 is 2.44 bits per heavy atom. The first kappa shape index (κ1) is 25.3. The molecule has 17 nitrogen and oxygen atoms in total. The molecule has 0 saturated carbocycles. The molecule has 1 saturated heterocycles. The monoisotopic (exact) mass is 521 g/mol. The van der Waals surface area contributed by atoms with Crippen LogP contribution in [0.1, 0.15) is 18.6 Å². The summed E-state index contributed by atoms with van der Waals surface area (Å²) in [7, 11) is -16.7. The van der Waals surface area contributed by atoms with Gasteiger partial charge >= 0.3 is 23.5 Å². The van der Waals surface area contributed by atoms with Crippen LogP contribution in [0.25, 0.3) is 11.1 Å². The molecule has 0 radical (unpaired) electrons. The summed E-state index contributed by atoms with van der Waals surface area (Å²) in [6.45, 7) is 0.223. The first-order valence-electron chi connectivity index (χ1n) is 8.34. The van der Waals surface area contributed by atoms with Crippen LogP contribution in [0, 0.1) is 0 Å². The number of ether oxygens (including phenoxy) is 1. The van der Waals surface area contributed by atoms with Gasteiger partial charge < -0.3 is 44.7 Å². The van der Waals surface area contributed by atoms with E-state index in [9.17, 15) is 28.8 Å². The average Bonchev–Trinajstić information content (AvgIpc) is 3.11. The van der Waals surface area contributed by atoms with E-state index in [1.165, 1.54) is 6.92 Å². The van der Waals surface area contributed by atoms with Crippen LogP contribution < -0.4 is 5.73 Å². The summed E-state index contributed by atoms with van der Waals surface area (Å²) in [5.41, 5.74) is 4.11. The van der Waals surface area contributed by atoms with E-state index in [1.54, 1.807) is 0 Å². The van der Waals surface area contributed by atoms with Crippen LogP contribution in [0.3, 0.4) is 0 Å². The molecule has 0 aliphatic carbocycles. The fourth-order valence-electron chi connectivity index (χ4n) is 2.98. The highest BCUT2D eigenvalue weighted by atomic mass is 31.3. The molecule has 20 heteroatoms. The second-order valence-electron chi connectivity index (χ2n) is 6.74. The second kappa shape index (κ2) is 8.49. The molecule has 8 N–H and O–H groups in total. The summed E-state index contributed by atoms with van der Waals surface area (Å²) in [4.78, 5) is 43.5. The van der Waals surface area contributed by atoms with Crippen molar-refractivity contribution < 1.29 is 65.8 Å². The van der Waals surface area contributed by atoms with Gasteiger partial charge in [0.25, 0.3) is 0 Å². The number of rotatable bonds is 8. The molecule has 1 aliphatic heterocycles. The Kier molecular flexibility index (Phi) is 6.72. The highest BCUT2D eigenvalue weighted by Gasteiger charge is 2.54. The Morgan fingerprint density at radius 1 is 1.16 bits per heavy atom. The summed E-state index contributed by atoms with van der Waals surface area (Å²) in [6.07, 6.45) is -2.20. The first-order chi connectivity index (χ1) is 14.5. The Hall–Kier alpha value is -1.29. The van der Waals surface area contributed by atoms with Crippen LogP contribution in [0.15, 0.2) is 17.0 Å². The molecule has 2 unspecified atom stereocenters. The van der Waals surface area contributed by atoms with Gasteiger partial charge in [0, 0.05) is 5.56 Å². The van der Waals surface area contributed by atoms with Crippen molar-refractivity contribution in [2.75, 3.05) is 12.3 Å². The van der Waals surface area contributed by atoms with Gasteiger partial charge in [-0.15, -0.1) is 0 Å². The fourth-order valence-corrected chi connectivity index (χ4v) is 6.01. The zero-order chi connectivity index (χ0) is 24.1. The number of aliphatic hydroxyl groups excluding tert-OH is 1. The van der Waals surface area contributed by atoms with E-state index < -0.39 is 54.0 Å². The van der Waals surface area contributed by atoms with Crippen LogP contribution >= 0.6 is 23.5 Å². The molecule has 0 aromatic carbocycles. The van der Waals surface area contributed by atoms with Crippen LogP contribution in [-0.2, 0) is 31.6 Å². The zero-order valence-electron chi connectivity index (χ0n) is 15.9. The maximum Gasteiger partial charge on any atom is 0.490 e. The Bertz CT molecular complexity index is 1150. The predicted molar refractivity (Wildman–Crippen MR) is 100 cm³/mol. The molecule has 32 heavy (non-hydrogen) atoms. The van der Waals surface area contributed by atoms with Gasteiger partial charge in [-0.25, -0.2) is 23.7 Å². The highest BCUT2D eigenvalue weighted by Crippen LogP contribution is 2.66. The standard InChI is InChI=1S/C12H18N3O14P3/c1-12(17)9(16)6(3-26-31(21,22)29-32(23,24)28-30(18,19)20)27-10(12)5-2-25-8-7(5)14-4-15-11(8)13/h2,4,6,9-10,16-17H,3H2,1H3,(H,21,22)(H,23,24)(H2,13,14,15)(H2,18,19,20)/t6-,9-,10+,12-/m1/s1. The lowest BCUT2D eigenvalue weighted by Crippen LogP contribution is -2.43. The van der Waals surface area contributed by atoms with Crippen LogP contribution in [0.2, 0.25) is 0 Å². The molecule has 0 amide bonds. The van der Waals surface area contributed by atoms with Gasteiger partial charge in [0.2, 0.25) is 0 Å². The van der Waals surface area contributed by atoms with E-state index in [0.717, 1.165) is 12.6 Å². The van der Waals surface area contributed by atoms with E-state index in [2.05, 4.69) is 23.1 Å². The number of anilines is 1. The molecular weight excluding hydrogens is 503 g/mol. The molecule has 0 spiro atoms. The van der Waals surface area contributed by atoms with E-state index in [4.69, 9.17) is 29.6 Å². The van der Waals surface area contributed by atoms with Crippen molar-refractivity contribution in [1.29, 1.82) is 0 Å². The molecule has 6 atom stereocenters. The van der Waals surface area contributed by atoms with Crippen molar-refractivity contribution in [3.63, 3.8) is 0 Å². The summed E-state index contributed by atoms with van der Waals surface area (Å²) in [5, 5.41) is 21.1. The number of aromatic nitrogens is 2. The third-order valence-corrected chi connectivity index (χ3v) is 8.10. The molecule has 1 aliphatic rings. The number of aliphatic hydroxyl groups is 2. The number of nitrogen functional groups attached to an aromatic ring is 1. The van der Waals surface area contributed by atoms with Gasteiger partial charge in [-0.2, -0.15) is 8.62 Å². The van der Waals surface area contributed by atoms with E-state index in [-0.39, 0.29) is 22.5 Å². The van der Waals surface area contributed by atoms with Gasteiger partial charge in [-0.3, -0.25) is 4.52 Å². The predicted octanol–water partition coefficient (Wildman–Crippen LogP) is -0.300. The van der Waals surface area contributed by atoms with Crippen molar-refractivity contribution in [3.8, 4) is 0 Å².